The van der Waals surface area contributed by atoms with Crippen LogP contribution in [0.3, 0.4) is 0 Å². The molecular weight excluding hydrogens is 356 g/mol. The topological polar surface area (TPSA) is 102 Å². The lowest BCUT2D eigenvalue weighted by Gasteiger charge is -2.06. The molecule has 3 rings (SSSR count). The Labute approximate surface area is 163 Å². The van der Waals surface area contributed by atoms with E-state index in [4.69, 9.17) is 0 Å². The van der Waals surface area contributed by atoms with Gasteiger partial charge < -0.3 is 5.32 Å². The molecule has 0 saturated carbocycles. The van der Waals surface area contributed by atoms with Gasteiger partial charge >= 0.3 is 6.03 Å². The Morgan fingerprint density at radius 2 is 1.75 bits per heavy atom. The molecule has 0 aliphatic carbocycles. The Morgan fingerprint density at radius 3 is 2.43 bits per heavy atom. The smallest absolute Gasteiger partial charge is 0.321 e. The zero-order valence-electron chi connectivity index (χ0n) is 15.8. The van der Waals surface area contributed by atoms with Crippen molar-refractivity contribution in [2.24, 2.45) is 0 Å². The lowest BCUT2D eigenvalue weighted by atomic mass is 10.0. The fourth-order valence-electron chi connectivity index (χ4n) is 2.56. The van der Waals surface area contributed by atoms with Crippen molar-refractivity contribution in [3.05, 3.63) is 65.7 Å². The molecular formula is C20H22N6O2. The molecule has 3 aromatic rings. The minimum Gasteiger partial charge on any atom is -0.334 e. The van der Waals surface area contributed by atoms with Gasteiger partial charge in [0.05, 0.1) is 0 Å². The Hall–Kier alpha value is -3.55. The summed E-state index contributed by atoms with van der Waals surface area (Å²) in [5.41, 5.74) is 2.98. The molecule has 1 aromatic heterocycles. The number of amides is 3. The number of carbonyl (C=O) groups excluding carboxylic acids is 2. The first-order valence-corrected chi connectivity index (χ1v) is 9.01. The quantitative estimate of drug-likeness (QED) is 0.686. The highest BCUT2D eigenvalue weighted by Crippen LogP contribution is 2.19. The normalized spacial score (nSPS) is 10.7. The molecule has 0 radical (unpaired) electrons. The Balaban J connectivity index is 1.51. The molecule has 28 heavy (non-hydrogen) atoms. The number of benzene rings is 2. The first-order chi connectivity index (χ1) is 13.5. The molecule has 0 saturated heterocycles. The van der Waals surface area contributed by atoms with Crippen molar-refractivity contribution in [3.8, 4) is 11.4 Å². The zero-order chi connectivity index (χ0) is 19.9. The monoisotopic (exact) mass is 378 g/mol. The van der Waals surface area contributed by atoms with Crippen LogP contribution in [0.4, 0.5) is 4.79 Å². The van der Waals surface area contributed by atoms with Crippen molar-refractivity contribution in [2.45, 2.75) is 32.9 Å². The van der Waals surface area contributed by atoms with Gasteiger partial charge in [0.1, 0.15) is 6.54 Å². The lowest BCUT2D eigenvalue weighted by molar-refractivity contribution is -0.121. The molecule has 8 heteroatoms. The largest absolute Gasteiger partial charge is 0.334 e. The molecule has 0 atom stereocenters. The van der Waals surface area contributed by atoms with Crippen LogP contribution in [0.5, 0.6) is 0 Å². The van der Waals surface area contributed by atoms with Gasteiger partial charge in [0.2, 0.25) is 5.82 Å². The predicted molar refractivity (Wildman–Crippen MR) is 104 cm³/mol. The van der Waals surface area contributed by atoms with Crippen LogP contribution in [0.2, 0.25) is 0 Å². The lowest BCUT2D eigenvalue weighted by Crippen LogP contribution is -2.40. The van der Waals surface area contributed by atoms with Crippen molar-refractivity contribution in [3.63, 3.8) is 0 Å². The average Bonchev–Trinajstić information content (AvgIpc) is 3.15. The summed E-state index contributed by atoms with van der Waals surface area (Å²) in [7, 11) is 0. The Bertz CT molecular complexity index is 935. The number of imide groups is 1. The molecule has 0 unspecified atom stereocenters. The van der Waals surface area contributed by atoms with Gasteiger partial charge in [-0.2, -0.15) is 4.80 Å². The second kappa shape index (κ2) is 8.90. The first kappa shape index (κ1) is 19.2. The van der Waals surface area contributed by atoms with Crippen LogP contribution in [0.25, 0.3) is 11.4 Å². The summed E-state index contributed by atoms with van der Waals surface area (Å²) in [5, 5.41) is 16.9. The molecule has 144 valence electrons. The number of hydrogen-bond acceptors (Lipinski definition) is 5. The third-order valence-corrected chi connectivity index (χ3v) is 4.12. The number of tetrazole rings is 1. The summed E-state index contributed by atoms with van der Waals surface area (Å²) in [6.07, 6.45) is 0. The Morgan fingerprint density at radius 1 is 1.04 bits per heavy atom. The third-order valence-electron chi connectivity index (χ3n) is 4.12. The molecule has 3 amide bonds. The summed E-state index contributed by atoms with van der Waals surface area (Å²) in [6.45, 7) is 4.38. The molecule has 8 nitrogen and oxygen atoms in total. The van der Waals surface area contributed by atoms with Gasteiger partial charge in [-0.1, -0.05) is 68.4 Å². The maximum atomic E-state index is 12.0. The summed E-state index contributed by atoms with van der Waals surface area (Å²) in [5.74, 6) is 0.343. The summed E-state index contributed by atoms with van der Waals surface area (Å²) in [4.78, 5) is 25.0. The molecule has 0 spiro atoms. The van der Waals surface area contributed by atoms with Crippen LogP contribution in [-0.4, -0.2) is 32.1 Å². The van der Waals surface area contributed by atoms with Crippen molar-refractivity contribution in [1.29, 1.82) is 0 Å². The second-order valence-electron chi connectivity index (χ2n) is 6.64. The maximum absolute atomic E-state index is 12.0. The van der Waals surface area contributed by atoms with Gasteiger partial charge in [-0.3, -0.25) is 10.1 Å². The van der Waals surface area contributed by atoms with Gasteiger partial charge in [-0.15, -0.1) is 10.2 Å². The fraction of sp³-hybridized carbons (Fsp3) is 0.250. The number of nitrogens with zero attached hydrogens (tertiary/aromatic N) is 4. The van der Waals surface area contributed by atoms with Crippen molar-refractivity contribution < 1.29 is 9.59 Å². The molecule has 2 aromatic carbocycles. The fourth-order valence-corrected chi connectivity index (χ4v) is 2.56. The van der Waals surface area contributed by atoms with E-state index < -0.39 is 11.9 Å². The summed E-state index contributed by atoms with van der Waals surface area (Å²) >= 11 is 0. The highest BCUT2D eigenvalue weighted by Gasteiger charge is 2.12. The maximum Gasteiger partial charge on any atom is 0.321 e. The van der Waals surface area contributed by atoms with Crippen LogP contribution >= 0.6 is 0 Å². The molecule has 1 heterocycles. The van der Waals surface area contributed by atoms with Gasteiger partial charge in [0.25, 0.3) is 5.91 Å². The van der Waals surface area contributed by atoms with Crippen LogP contribution in [0.1, 0.15) is 30.9 Å². The van der Waals surface area contributed by atoms with Crippen LogP contribution < -0.4 is 10.6 Å². The number of carbonyl (C=O) groups is 2. The van der Waals surface area contributed by atoms with Crippen LogP contribution in [0.15, 0.2) is 54.6 Å². The van der Waals surface area contributed by atoms with E-state index in [2.05, 4.69) is 39.9 Å². The van der Waals surface area contributed by atoms with E-state index in [0.717, 1.165) is 15.9 Å². The number of hydrogen-bond donors (Lipinski definition) is 2. The zero-order valence-corrected chi connectivity index (χ0v) is 15.8. The van der Waals surface area contributed by atoms with Crippen molar-refractivity contribution >= 4 is 11.9 Å². The van der Waals surface area contributed by atoms with E-state index in [1.165, 1.54) is 5.56 Å². The Kier molecular flexibility index (Phi) is 6.11. The van der Waals surface area contributed by atoms with Gasteiger partial charge in [-0.25, -0.2) is 4.79 Å². The van der Waals surface area contributed by atoms with Crippen molar-refractivity contribution in [1.82, 2.24) is 30.8 Å². The highest BCUT2D eigenvalue weighted by molar-refractivity contribution is 5.94. The van der Waals surface area contributed by atoms with Gasteiger partial charge in [-0.05, 0) is 22.3 Å². The minimum atomic E-state index is -0.571. The standard InChI is InChI=1S/C20H22N6O2/c1-14(2)16-8-10-17(11-9-16)19-23-25-26(24-19)13-18(27)22-20(28)21-12-15-6-4-3-5-7-15/h3-11,14H,12-13H2,1-2H3,(H2,21,22,27,28). The molecule has 0 fully saturated rings. The van der Waals surface area contributed by atoms with Crippen LogP contribution in [0, 0.1) is 0 Å². The molecule has 0 aliphatic rings. The number of aromatic nitrogens is 4. The average molecular weight is 378 g/mol. The van der Waals surface area contributed by atoms with E-state index in [1.807, 2.05) is 54.6 Å². The SMILES string of the molecule is CC(C)c1ccc(-c2nnn(CC(=O)NC(=O)NCc3ccccc3)n2)cc1. The summed E-state index contributed by atoms with van der Waals surface area (Å²) < 4.78 is 0. The number of rotatable bonds is 6. The minimum absolute atomic E-state index is 0.199. The van der Waals surface area contributed by atoms with E-state index in [1.54, 1.807) is 0 Å². The molecule has 2 N–H and O–H groups in total. The molecule has 0 bridgehead atoms. The molecule has 0 aliphatic heterocycles. The first-order valence-electron chi connectivity index (χ1n) is 9.01. The van der Waals surface area contributed by atoms with E-state index >= 15 is 0 Å². The van der Waals surface area contributed by atoms with Gasteiger partial charge in [0, 0.05) is 12.1 Å². The van der Waals surface area contributed by atoms with E-state index in [9.17, 15) is 9.59 Å². The second-order valence-corrected chi connectivity index (χ2v) is 6.64. The summed E-state index contributed by atoms with van der Waals surface area (Å²) in [6, 6.07) is 16.7. The third kappa shape index (κ3) is 5.23. The van der Waals surface area contributed by atoms with E-state index in [0.29, 0.717) is 18.3 Å². The predicted octanol–water partition coefficient (Wildman–Crippen LogP) is 2.49. The van der Waals surface area contributed by atoms with E-state index in [-0.39, 0.29) is 6.54 Å². The highest BCUT2D eigenvalue weighted by atomic mass is 16.2. The van der Waals surface area contributed by atoms with Crippen molar-refractivity contribution in [2.75, 3.05) is 0 Å². The number of urea groups is 1. The van der Waals surface area contributed by atoms with Crippen LogP contribution in [-0.2, 0) is 17.9 Å². The van der Waals surface area contributed by atoms with Gasteiger partial charge in [0.15, 0.2) is 0 Å². The number of nitrogens with one attached hydrogen (secondary N) is 2.